The maximum atomic E-state index is 12.3. The normalized spacial score (nSPS) is 12.1. The van der Waals surface area contributed by atoms with E-state index < -0.39 is 0 Å². The van der Waals surface area contributed by atoms with Gasteiger partial charge in [-0.15, -0.1) is 0 Å². The monoisotopic (exact) mass is 380 g/mol. The lowest BCUT2D eigenvalue weighted by molar-refractivity contribution is -0.122. The van der Waals surface area contributed by atoms with Crippen LogP contribution in [0.2, 0.25) is 10.0 Å². The first kappa shape index (κ1) is 19.6. The lowest BCUT2D eigenvalue weighted by atomic mass is 10.1. The summed E-state index contributed by atoms with van der Waals surface area (Å²) in [6.07, 6.45) is 0. The Balaban J connectivity index is 1.87. The molecule has 0 aromatic heterocycles. The number of ether oxygens (including phenoxy) is 1. The molecule has 0 aliphatic carbocycles. The van der Waals surface area contributed by atoms with Gasteiger partial charge in [0.05, 0.1) is 19.7 Å². The zero-order valence-electron chi connectivity index (χ0n) is 14.6. The van der Waals surface area contributed by atoms with Gasteiger partial charge < -0.3 is 10.1 Å². The van der Waals surface area contributed by atoms with Crippen LogP contribution >= 0.6 is 23.2 Å². The number of carbonyl (C=O) groups is 1. The summed E-state index contributed by atoms with van der Waals surface area (Å²) in [6.45, 7) is 2.87. The molecule has 0 spiro atoms. The molecule has 0 saturated heterocycles. The van der Waals surface area contributed by atoms with E-state index in [1.165, 1.54) is 0 Å². The van der Waals surface area contributed by atoms with Crippen LogP contribution in [0.1, 0.15) is 24.1 Å². The lowest BCUT2D eigenvalue weighted by Gasteiger charge is -2.20. The highest BCUT2D eigenvalue weighted by Gasteiger charge is 2.14. The number of nitrogens with zero attached hydrogens (tertiary/aromatic N) is 1. The Bertz CT molecular complexity index is 720. The number of nitrogens with one attached hydrogen (secondary N) is 1. The molecule has 0 aliphatic heterocycles. The first-order valence-electron chi connectivity index (χ1n) is 7.95. The Morgan fingerprint density at radius 1 is 1.20 bits per heavy atom. The van der Waals surface area contributed by atoms with E-state index in [-0.39, 0.29) is 11.9 Å². The van der Waals surface area contributed by atoms with E-state index in [0.717, 1.165) is 16.9 Å². The van der Waals surface area contributed by atoms with Crippen LogP contribution in [-0.2, 0) is 11.3 Å². The van der Waals surface area contributed by atoms with Crippen LogP contribution in [0.3, 0.4) is 0 Å². The molecule has 2 aromatic carbocycles. The van der Waals surface area contributed by atoms with Gasteiger partial charge >= 0.3 is 0 Å². The third-order valence-corrected chi connectivity index (χ3v) is 4.39. The molecule has 0 radical (unpaired) electrons. The average Bonchev–Trinajstić information content (AvgIpc) is 2.55. The average molecular weight is 381 g/mol. The Labute approximate surface area is 158 Å². The Morgan fingerprint density at radius 2 is 1.88 bits per heavy atom. The molecule has 4 nitrogen and oxygen atoms in total. The number of amides is 1. The van der Waals surface area contributed by atoms with Crippen LogP contribution in [0.4, 0.5) is 0 Å². The highest BCUT2D eigenvalue weighted by Crippen LogP contribution is 2.26. The summed E-state index contributed by atoms with van der Waals surface area (Å²) in [5.74, 6) is 0.757. The molecule has 1 N–H and O–H groups in total. The van der Waals surface area contributed by atoms with Gasteiger partial charge in [-0.2, -0.15) is 0 Å². The summed E-state index contributed by atoms with van der Waals surface area (Å²) >= 11 is 12.1. The topological polar surface area (TPSA) is 41.6 Å². The second kappa shape index (κ2) is 9.09. The summed E-state index contributed by atoms with van der Waals surface area (Å²) < 4.78 is 5.14. The number of hydrogen-bond donors (Lipinski definition) is 1. The van der Waals surface area contributed by atoms with E-state index in [1.54, 1.807) is 19.2 Å². The fraction of sp³-hybridized carbons (Fsp3) is 0.316. The Morgan fingerprint density at radius 3 is 2.48 bits per heavy atom. The number of rotatable bonds is 7. The van der Waals surface area contributed by atoms with Crippen molar-refractivity contribution in [1.29, 1.82) is 0 Å². The van der Waals surface area contributed by atoms with E-state index in [4.69, 9.17) is 27.9 Å². The number of halogens is 2. The SMILES string of the molecule is COc1ccc(CN(C)CC(=O)NC(C)c2ccc(Cl)cc2Cl)cc1. The van der Waals surface area contributed by atoms with E-state index in [9.17, 15) is 4.79 Å². The van der Waals surface area contributed by atoms with Crippen LogP contribution in [0, 0.1) is 0 Å². The molecule has 0 fully saturated rings. The highest BCUT2D eigenvalue weighted by atomic mass is 35.5. The molecule has 1 amide bonds. The van der Waals surface area contributed by atoms with Gasteiger partial charge in [0, 0.05) is 16.6 Å². The molecular weight excluding hydrogens is 359 g/mol. The minimum atomic E-state index is -0.188. The van der Waals surface area contributed by atoms with Crippen molar-refractivity contribution in [2.24, 2.45) is 0 Å². The first-order chi connectivity index (χ1) is 11.9. The Kier molecular flexibility index (Phi) is 7.12. The second-order valence-electron chi connectivity index (χ2n) is 5.98. The van der Waals surface area contributed by atoms with Crippen molar-refractivity contribution in [3.05, 3.63) is 63.6 Å². The van der Waals surface area contributed by atoms with Gasteiger partial charge in [-0.05, 0) is 49.4 Å². The number of likely N-dealkylation sites (N-methyl/N-ethyl adjacent to an activating group) is 1. The zero-order valence-corrected chi connectivity index (χ0v) is 16.1. The van der Waals surface area contributed by atoms with Crippen molar-refractivity contribution < 1.29 is 9.53 Å². The fourth-order valence-corrected chi connectivity index (χ4v) is 3.13. The highest BCUT2D eigenvalue weighted by molar-refractivity contribution is 6.35. The van der Waals surface area contributed by atoms with Crippen molar-refractivity contribution >= 4 is 29.1 Å². The smallest absolute Gasteiger partial charge is 0.234 e. The van der Waals surface area contributed by atoms with E-state index in [1.807, 2.05) is 49.2 Å². The van der Waals surface area contributed by atoms with Crippen molar-refractivity contribution in [3.8, 4) is 5.75 Å². The molecule has 6 heteroatoms. The molecule has 25 heavy (non-hydrogen) atoms. The number of benzene rings is 2. The second-order valence-corrected chi connectivity index (χ2v) is 6.82. The quantitative estimate of drug-likeness (QED) is 0.777. The molecule has 1 atom stereocenters. The summed E-state index contributed by atoms with van der Waals surface area (Å²) in [6, 6.07) is 12.9. The molecule has 0 saturated carbocycles. The van der Waals surface area contributed by atoms with Crippen molar-refractivity contribution in [1.82, 2.24) is 10.2 Å². The molecule has 2 rings (SSSR count). The molecule has 0 aliphatic rings. The van der Waals surface area contributed by atoms with Gasteiger partial charge in [-0.3, -0.25) is 9.69 Å². The van der Waals surface area contributed by atoms with Crippen molar-refractivity contribution in [2.45, 2.75) is 19.5 Å². The summed E-state index contributed by atoms with van der Waals surface area (Å²) in [4.78, 5) is 14.2. The summed E-state index contributed by atoms with van der Waals surface area (Å²) in [7, 11) is 3.54. The minimum absolute atomic E-state index is 0.0606. The van der Waals surface area contributed by atoms with Gasteiger partial charge in [-0.1, -0.05) is 41.4 Å². The van der Waals surface area contributed by atoms with E-state index in [0.29, 0.717) is 23.1 Å². The van der Waals surface area contributed by atoms with E-state index in [2.05, 4.69) is 5.32 Å². The van der Waals surface area contributed by atoms with Gasteiger partial charge in [0.2, 0.25) is 5.91 Å². The number of methoxy groups -OCH3 is 1. The van der Waals surface area contributed by atoms with Gasteiger partial charge in [-0.25, -0.2) is 0 Å². The fourth-order valence-electron chi connectivity index (χ4n) is 2.56. The molecule has 0 bridgehead atoms. The predicted molar refractivity (Wildman–Crippen MR) is 102 cm³/mol. The van der Waals surface area contributed by atoms with Crippen LogP contribution in [0.5, 0.6) is 5.75 Å². The number of carbonyl (C=O) groups excluding carboxylic acids is 1. The zero-order chi connectivity index (χ0) is 18.4. The molecule has 1 unspecified atom stereocenters. The first-order valence-corrected chi connectivity index (χ1v) is 8.70. The number of hydrogen-bond acceptors (Lipinski definition) is 3. The molecule has 2 aromatic rings. The standard InChI is InChI=1S/C19H22Cl2N2O2/c1-13(17-9-6-15(20)10-18(17)21)22-19(24)12-23(2)11-14-4-7-16(25-3)8-5-14/h4-10,13H,11-12H2,1-3H3,(H,22,24). The predicted octanol–water partition coefficient (Wildman–Crippen LogP) is 4.31. The third-order valence-electron chi connectivity index (χ3n) is 3.83. The molecule has 134 valence electrons. The van der Waals surface area contributed by atoms with Crippen molar-refractivity contribution in [2.75, 3.05) is 20.7 Å². The third kappa shape index (κ3) is 5.92. The van der Waals surface area contributed by atoms with Gasteiger partial charge in [0.25, 0.3) is 0 Å². The maximum absolute atomic E-state index is 12.3. The molecular formula is C19H22Cl2N2O2. The van der Waals surface area contributed by atoms with Gasteiger partial charge in [0.1, 0.15) is 5.75 Å². The minimum Gasteiger partial charge on any atom is -0.497 e. The summed E-state index contributed by atoms with van der Waals surface area (Å²) in [5, 5.41) is 4.09. The van der Waals surface area contributed by atoms with Crippen molar-refractivity contribution in [3.63, 3.8) is 0 Å². The lowest BCUT2D eigenvalue weighted by Crippen LogP contribution is -2.36. The maximum Gasteiger partial charge on any atom is 0.234 e. The molecule has 0 heterocycles. The van der Waals surface area contributed by atoms with Crippen LogP contribution < -0.4 is 10.1 Å². The largest absolute Gasteiger partial charge is 0.497 e. The van der Waals surface area contributed by atoms with Crippen LogP contribution in [0.15, 0.2) is 42.5 Å². The summed E-state index contributed by atoms with van der Waals surface area (Å²) in [5.41, 5.74) is 1.96. The van der Waals surface area contributed by atoms with Crippen LogP contribution in [-0.4, -0.2) is 31.5 Å². The van der Waals surface area contributed by atoms with E-state index >= 15 is 0 Å². The Hall–Kier alpha value is -1.75. The van der Waals surface area contributed by atoms with Crippen LogP contribution in [0.25, 0.3) is 0 Å². The van der Waals surface area contributed by atoms with Gasteiger partial charge in [0.15, 0.2) is 0 Å².